The van der Waals surface area contributed by atoms with E-state index < -0.39 is 46.6 Å². The van der Waals surface area contributed by atoms with Crippen LogP contribution in [0.3, 0.4) is 0 Å². The van der Waals surface area contributed by atoms with Crippen LogP contribution in [0.4, 0.5) is 13.6 Å². The Morgan fingerprint density at radius 1 is 1.36 bits per heavy atom. The lowest BCUT2D eigenvalue weighted by Crippen LogP contribution is -2.47. The Kier molecular flexibility index (Phi) is 6.48. The number of alkyl halides is 1. The predicted octanol–water partition coefficient (Wildman–Crippen LogP) is 3.14. The maximum atomic E-state index is 14.1. The quantitative estimate of drug-likeness (QED) is 0.783. The van der Waals surface area contributed by atoms with Gasteiger partial charge in [0.25, 0.3) is 0 Å². The second-order valence-electron chi connectivity index (χ2n) is 7.44. The second-order valence-corrected chi connectivity index (χ2v) is 7.84. The first kappa shape index (κ1) is 21.9. The molecule has 2 amide bonds. The topological polar surface area (TPSA) is 95.9 Å². The van der Waals surface area contributed by atoms with Gasteiger partial charge < -0.3 is 15.2 Å². The van der Waals surface area contributed by atoms with Gasteiger partial charge in [0.2, 0.25) is 5.91 Å². The summed E-state index contributed by atoms with van der Waals surface area (Å²) in [6.45, 7) is 4.27. The van der Waals surface area contributed by atoms with Crippen LogP contribution in [0.1, 0.15) is 43.1 Å². The average Bonchev–Trinajstić information content (AvgIpc) is 2.96. The zero-order valence-electron chi connectivity index (χ0n) is 15.6. The summed E-state index contributed by atoms with van der Waals surface area (Å²) in [6, 6.07) is 0.882. The smallest absolute Gasteiger partial charge is 0.411 e. The molecule has 1 aliphatic heterocycles. The molecule has 2 atom stereocenters. The molecule has 1 saturated heterocycles. The van der Waals surface area contributed by atoms with E-state index in [-0.39, 0.29) is 30.6 Å². The number of halogens is 3. The number of likely N-dealkylation sites (tertiary alicyclic amines) is 1. The van der Waals surface area contributed by atoms with E-state index in [1.807, 2.05) is 0 Å². The number of carboxylic acid groups (broad SMARTS) is 1. The van der Waals surface area contributed by atoms with Gasteiger partial charge in [0.15, 0.2) is 0 Å². The molecule has 0 unspecified atom stereocenters. The highest BCUT2D eigenvalue weighted by Crippen LogP contribution is 2.24. The molecule has 2 N–H and O–H groups in total. The Hall–Kier alpha value is -2.42. The summed E-state index contributed by atoms with van der Waals surface area (Å²) in [7, 11) is 0. The zero-order chi connectivity index (χ0) is 21.2. The summed E-state index contributed by atoms with van der Waals surface area (Å²) >= 11 is 5.68. The van der Waals surface area contributed by atoms with E-state index in [2.05, 4.69) is 5.32 Å². The molecule has 10 heteroatoms. The molecular weight excluding hydrogens is 398 g/mol. The minimum absolute atomic E-state index is 0.142. The molecule has 0 aromatic heterocycles. The third-order valence-electron chi connectivity index (χ3n) is 3.98. The van der Waals surface area contributed by atoms with E-state index in [1.165, 1.54) is 0 Å². The molecule has 154 valence electrons. The molecule has 1 fully saturated rings. The minimum atomic E-state index is -1.40. The standard InChI is InChI=1S/C18H21ClF2N2O5/c1-18(2,3)28-17(27)23-8-11(20)6-13(23)15(24)22-7-10-4-9(16(25)26)5-12(19)14(10)21/h4-5,11,13H,6-8H2,1-3H3,(H,22,24)(H,25,26)/t11-,13+/m1/s1. The van der Waals surface area contributed by atoms with Crippen molar-refractivity contribution in [2.24, 2.45) is 0 Å². The molecule has 7 nitrogen and oxygen atoms in total. The van der Waals surface area contributed by atoms with Gasteiger partial charge in [-0.3, -0.25) is 9.69 Å². The van der Waals surface area contributed by atoms with Crippen LogP contribution in [0.15, 0.2) is 12.1 Å². The Morgan fingerprint density at radius 2 is 2.00 bits per heavy atom. The summed E-state index contributed by atoms with van der Waals surface area (Å²) in [6.07, 6.45) is -2.44. The van der Waals surface area contributed by atoms with Gasteiger partial charge in [0.05, 0.1) is 17.1 Å². The van der Waals surface area contributed by atoms with E-state index >= 15 is 0 Å². The van der Waals surface area contributed by atoms with Crippen molar-refractivity contribution in [3.8, 4) is 0 Å². The van der Waals surface area contributed by atoms with Gasteiger partial charge in [0, 0.05) is 18.5 Å². The molecule has 1 aliphatic rings. The van der Waals surface area contributed by atoms with Crippen molar-refractivity contribution >= 4 is 29.6 Å². The largest absolute Gasteiger partial charge is 0.478 e. The van der Waals surface area contributed by atoms with Gasteiger partial charge in [-0.15, -0.1) is 0 Å². The number of benzene rings is 1. The number of carboxylic acids is 1. The monoisotopic (exact) mass is 418 g/mol. The van der Waals surface area contributed by atoms with E-state index in [1.54, 1.807) is 20.8 Å². The van der Waals surface area contributed by atoms with Gasteiger partial charge in [-0.05, 0) is 32.9 Å². The van der Waals surface area contributed by atoms with Gasteiger partial charge in [-0.25, -0.2) is 18.4 Å². The summed E-state index contributed by atoms with van der Waals surface area (Å²) in [5, 5.41) is 11.0. The van der Waals surface area contributed by atoms with Crippen LogP contribution in [-0.2, 0) is 16.1 Å². The van der Waals surface area contributed by atoms with E-state index in [0.29, 0.717) is 0 Å². The molecule has 0 aliphatic carbocycles. The number of rotatable bonds is 4. The second kappa shape index (κ2) is 8.30. The van der Waals surface area contributed by atoms with Crippen LogP contribution in [0.25, 0.3) is 0 Å². The van der Waals surface area contributed by atoms with Crippen molar-refractivity contribution in [3.63, 3.8) is 0 Å². The fourth-order valence-electron chi connectivity index (χ4n) is 2.75. The molecule has 28 heavy (non-hydrogen) atoms. The SMILES string of the molecule is CC(C)(C)OC(=O)N1C[C@H](F)C[C@H]1C(=O)NCc1cc(C(=O)O)cc(Cl)c1F. The van der Waals surface area contributed by atoms with E-state index in [4.69, 9.17) is 21.4 Å². The fourth-order valence-corrected chi connectivity index (χ4v) is 2.99. The van der Waals surface area contributed by atoms with Crippen molar-refractivity contribution in [3.05, 3.63) is 34.1 Å². The maximum Gasteiger partial charge on any atom is 0.411 e. The average molecular weight is 419 g/mol. The fraction of sp³-hybridized carbons (Fsp3) is 0.500. The zero-order valence-corrected chi connectivity index (χ0v) is 16.3. The number of carbonyl (C=O) groups excluding carboxylic acids is 2. The Morgan fingerprint density at radius 3 is 2.57 bits per heavy atom. The number of hydrogen-bond acceptors (Lipinski definition) is 4. The summed E-state index contributed by atoms with van der Waals surface area (Å²) in [5.74, 6) is -2.88. The lowest BCUT2D eigenvalue weighted by atomic mass is 10.1. The molecule has 0 bridgehead atoms. The van der Waals surface area contributed by atoms with Crippen LogP contribution >= 0.6 is 11.6 Å². The number of hydrogen-bond donors (Lipinski definition) is 2. The molecule has 2 rings (SSSR count). The number of nitrogens with one attached hydrogen (secondary N) is 1. The summed E-state index contributed by atoms with van der Waals surface area (Å²) < 4.78 is 33.1. The first-order chi connectivity index (χ1) is 12.9. The molecular formula is C18H21ClF2N2O5. The highest BCUT2D eigenvalue weighted by molar-refractivity contribution is 6.31. The molecule has 0 saturated carbocycles. The van der Waals surface area contributed by atoms with Gasteiger partial charge in [-0.2, -0.15) is 0 Å². The van der Waals surface area contributed by atoms with Gasteiger partial charge >= 0.3 is 12.1 Å². The number of nitrogens with zero attached hydrogens (tertiary/aromatic N) is 1. The first-order valence-corrected chi connectivity index (χ1v) is 8.89. The molecule has 0 radical (unpaired) electrons. The lowest BCUT2D eigenvalue weighted by molar-refractivity contribution is -0.125. The van der Waals surface area contributed by atoms with E-state index in [0.717, 1.165) is 17.0 Å². The highest BCUT2D eigenvalue weighted by Gasteiger charge is 2.41. The number of carbonyl (C=O) groups is 3. The van der Waals surface area contributed by atoms with Crippen LogP contribution < -0.4 is 5.32 Å². The Labute approximate surface area is 165 Å². The molecule has 0 spiro atoms. The van der Waals surface area contributed by atoms with Gasteiger partial charge in [0.1, 0.15) is 23.6 Å². The van der Waals surface area contributed by atoms with Crippen LogP contribution in [-0.4, -0.2) is 52.3 Å². The highest BCUT2D eigenvalue weighted by atomic mass is 35.5. The Balaban J connectivity index is 2.11. The third kappa shape index (κ3) is 5.31. The van der Waals surface area contributed by atoms with Crippen LogP contribution in [0, 0.1) is 5.82 Å². The number of aromatic carboxylic acids is 1. The first-order valence-electron chi connectivity index (χ1n) is 8.51. The summed E-state index contributed by atoms with van der Waals surface area (Å²) in [4.78, 5) is 36.7. The predicted molar refractivity (Wildman–Crippen MR) is 96.5 cm³/mol. The lowest BCUT2D eigenvalue weighted by Gasteiger charge is -2.27. The minimum Gasteiger partial charge on any atom is -0.478 e. The molecule has 1 heterocycles. The van der Waals surface area contributed by atoms with E-state index in [9.17, 15) is 23.2 Å². The maximum absolute atomic E-state index is 14.1. The molecule has 1 aromatic carbocycles. The molecule has 1 aromatic rings. The van der Waals surface area contributed by atoms with Crippen LogP contribution in [0.2, 0.25) is 5.02 Å². The number of ether oxygens (including phenoxy) is 1. The summed E-state index contributed by atoms with van der Waals surface area (Å²) in [5.41, 5.74) is -1.20. The Bertz CT molecular complexity index is 797. The van der Waals surface area contributed by atoms with Crippen LogP contribution in [0.5, 0.6) is 0 Å². The normalized spacial score (nSPS) is 19.4. The van der Waals surface area contributed by atoms with Crippen molar-refractivity contribution < 1.29 is 33.0 Å². The number of amides is 2. The van der Waals surface area contributed by atoms with Crippen molar-refractivity contribution in [1.29, 1.82) is 0 Å². The van der Waals surface area contributed by atoms with Gasteiger partial charge in [-0.1, -0.05) is 11.6 Å². The van der Waals surface area contributed by atoms with Crippen molar-refractivity contribution in [1.82, 2.24) is 10.2 Å². The third-order valence-corrected chi connectivity index (χ3v) is 4.26. The van der Waals surface area contributed by atoms with Crippen molar-refractivity contribution in [2.45, 2.75) is 51.6 Å². The van der Waals surface area contributed by atoms with Crippen molar-refractivity contribution in [2.75, 3.05) is 6.54 Å².